The molecule has 2 aromatic rings. The second-order valence-electron chi connectivity index (χ2n) is 5.79. The molecule has 2 aromatic carbocycles. The number of anilines is 1. The standard InChI is InChI=1S/C21H25NO5/c1-6-27-18-8-7-14(11-17(18)22)20(23)13(2)9-15-10-16(24-3)12-19(25-4)21(15)26-5/h7-12H,6,22H2,1-5H3/b13-9+. The molecule has 0 saturated carbocycles. The summed E-state index contributed by atoms with van der Waals surface area (Å²) in [6.45, 7) is 4.12. The highest BCUT2D eigenvalue weighted by molar-refractivity contribution is 6.11. The molecule has 2 N–H and O–H groups in total. The Morgan fingerprint density at radius 3 is 2.33 bits per heavy atom. The van der Waals surface area contributed by atoms with Gasteiger partial charge in [-0.2, -0.15) is 0 Å². The molecule has 27 heavy (non-hydrogen) atoms. The van der Waals surface area contributed by atoms with Gasteiger partial charge in [-0.3, -0.25) is 4.79 Å². The number of Topliss-reactive ketones (excluding diaryl/α,β-unsaturated/α-hetero) is 1. The topological polar surface area (TPSA) is 80.0 Å². The largest absolute Gasteiger partial charge is 0.497 e. The zero-order chi connectivity index (χ0) is 20.0. The van der Waals surface area contributed by atoms with Crippen molar-refractivity contribution in [3.05, 3.63) is 47.0 Å². The van der Waals surface area contributed by atoms with Crippen LogP contribution in [0.5, 0.6) is 23.0 Å². The van der Waals surface area contributed by atoms with E-state index < -0.39 is 0 Å². The predicted octanol–water partition coefficient (Wildman–Crippen LogP) is 3.98. The van der Waals surface area contributed by atoms with Crippen LogP contribution >= 0.6 is 0 Å². The van der Waals surface area contributed by atoms with Gasteiger partial charge in [0.05, 0.1) is 33.6 Å². The van der Waals surface area contributed by atoms with Gasteiger partial charge in [0.25, 0.3) is 0 Å². The zero-order valence-corrected chi connectivity index (χ0v) is 16.3. The molecular weight excluding hydrogens is 346 g/mol. The molecule has 0 atom stereocenters. The molecule has 0 aliphatic heterocycles. The van der Waals surface area contributed by atoms with Crippen LogP contribution in [0.4, 0.5) is 5.69 Å². The smallest absolute Gasteiger partial charge is 0.188 e. The SMILES string of the molecule is CCOc1ccc(C(=O)/C(C)=C/c2cc(OC)cc(OC)c2OC)cc1N. The van der Waals surface area contributed by atoms with E-state index >= 15 is 0 Å². The lowest BCUT2D eigenvalue weighted by molar-refractivity contribution is 0.103. The molecule has 6 heteroatoms. The van der Waals surface area contributed by atoms with Crippen LogP contribution in [0.1, 0.15) is 29.8 Å². The number of hydrogen-bond donors (Lipinski definition) is 1. The van der Waals surface area contributed by atoms with E-state index in [4.69, 9.17) is 24.7 Å². The molecule has 0 spiro atoms. The van der Waals surface area contributed by atoms with E-state index in [1.165, 1.54) is 0 Å². The molecule has 0 fully saturated rings. The summed E-state index contributed by atoms with van der Waals surface area (Å²) in [5.41, 5.74) is 8.08. The van der Waals surface area contributed by atoms with Gasteiger partial charge in [0.1, 0.15) is 11.5 Å². The van der Waals surface area contributed by atoms with E-state index in [0.717, 1.165) is 0 Å². The van der Waals surface area contributed by atoms with Crippen molar-refractivity contribution in [1.82, 2.24) is 0 Å². The first-order valence-electron chi connectivity index (χ1n) is 8.50. The third-order valence-corrected chi connectivity index (χ3v) is 4.02. The van der Waals surface area contributed by atoms with Crippen molar-refractivity contribution < 1.29 is 23.7 Å². The van der Waals surface area contributed by atoms with Crippen LogP contribution in [0.3, 0.4) is 0 Å². The normalized spacial score (nSPS) is 11.1. The predicted molar refractivity (Wildman–Crippen MR) is 106 cm³/mol. The second-order valence-corrected chi connectivity index (χ2v) is 5.79. The molecule has 2 rings (SSSR count). The van der Waals surface area contributed by atoms with Crippen molar-refractivity contribution in [1.29, 1.82) is 0 Å². The Balaban J connectivity index is 2.42. The molecule has 0 bridgehead atoms. The number of hydrogen-bond acceptors (Lipinski definition) is 6. The van der Waals surface area contributed by atoms with Crippen LogP contribution in [-0.4, -0.2) is 33.7 Å². The minimum atomic E-state index is -0.145. The minimum absolute atomic E-state index is 0.145. The first-order valence-corrected chi connectivity index (χ1v) is 8.50. The fourth-order valence-electron chi connectivity index (χ4n) is 2.70. The van der Waals surface area contributed by atoms with Gasteiger partial charge in [-0.25, -0.2) is 0 Å². The lowest BCUT2D eigenvalue weighted by atomic mass is 10.0. The maximum Gasteiger partial charge on any atom is 0.188 e. The maximum absolute atomic E-state index is 12.8. The second kappa shape index (κ2) is 8.98. The van der Waals surface area contributed by atoms with Crippen LogP contribution in [0.15, 0.2) is 35.9 Å². The molecule has 0 aliphatic carbocycles. The highest BCUT2D eigenvalue weighted by atomic mass is 16.5. The third kappa shape index (κ3) is 4.53. The van der Waals surface area contributed by atoms with Gasteiger partial charge >= 0.3 is 0 Å². The van der Waals surface area contributed by atoms with Crippen LogP contribution in [-0.2, 0) is 0 Å². The molecule has 0 saturated heterocycles. The van der Waals surface area contributed by atoms with E-state index in [1.807, 2.05) is 6.92 Å². The number of ketones is 1. The number of rotatable bonds is 8. The number of nitrogens with two attached hydrogens (primary N) is 1. The number of nitrogen functional groups attached to an aromatic ring is 1. The average Bonchev–Trinajstić information content (AvgIpc) is 2.68. The molecule has 0 aliphatic rings. The van der Waals surface area contributed by atoms with Crippen LogP contribution in [0.25, 0.3) is 6.08 Å². The Morgan fingerprint density at radius 2 is 1.78 bits per heavy atom. The lowest BCUT2D eigenvalue weighted by Gasteiger charge is -2.13. The summed E-state index contributed by atoms with van der Waals surface area (Å²) in [7, 11) is 4.66. The monoisotopic (exact) mass is 371 g/mol. The van der Waals surface area contributed by atoms with Gasteiger partial charge in [-0.1, -0.05) is 0 Å². The first kappa shape index (κ1) is 20.2. The van der Waals surface area contributed by atoms with E-state index in [2.05, 4.69) is 0 Å². The van der Waals surface area contributed by atoms with Crippen molar-refractivity contribution in [2.75, 3.05) is 33.7 Å². The molecular formula is C21H25NO5. The van der Waals surface area contributed by atoms with Crippen molar-refractivity contribution in [3.63, 3.8) is 0 Å². The van der Waals surface area contributed by atoms with Gasteiger partial charge in [0.2, 0.25) is 0 Å². The van der Waals surface area contributed by atoms with Crippen molar-refractivity contribution in [2.45, 2.75) is 13.8 Å². The Morgan fingerprint density at radius 1 is 1.04 bits per heavy atom. The molecule has 0 heterocycles. The summed E-state index contributed by atoms with van der Waals surface area (Å²) in [4.78, 5) is 12.8. The minimum Gasteiger partial charge on any atom is -0.497 e. The van der Waals surface area contributed by atoms with Gasteiger partial charge in [-0.05, 0) is 49.8 Å². The van der Waals surface area contributed by atoms with Crippen molar-refractivity contribution in [3.8, 4) is 23.0 Å². The highest BCUT2D eigenvalue weighted by Gasteiger charge is 2.15. The average molecular weight is 371 g/mol. The fraction of sp³-hybridized carbons (Fsp3) is 0.286. The van der Waals surface area contributed by atoms with Crippen LogP contribution < -0.4 is 24.7 Å². The summed E-state index contributed by atoms with van der Waals surface area (Å²) in [6.07, 6.45) is 1.73. The number of ether oxygens (including phenoxy) is 4. The Kier molecular flexibility index (Phi) is 6.71. The van der Waals surface area contributed by atoms with Crippen molar-refractivity contribution in [2.24, 2.45) is 0 Å². The highest BCUT2D eigenvalue weighted by Crippen LogP contribution is 2.37. The number of carbonyl (C=O) groups excluding carboxylic acids is 1. The number of benzene rings is 2. The molecule has 0 unspecified atom stereocenters. The summed E-state index contributed by atoms with van der Waals surface area (Å²) >= 11 is 0. The molecule has 0 aromatic heterocycles. The van der Waals surface area contributed by atoms with Crippen LogP contribution in [0.2, 0.25) is 0 Å². The van der Waals surface area contributed by atoms with Gasteiger partial charge < -0.3 is 24.7 Å². The number of carbonyl (C=O) groups is 1. The van der Waals surface area contributed by atoms with E-state index in [1.54, 1.807) is 64.7 Å². The van der Waals surface area contributed by atoms with Crippen LogP contribution in [0, 0.1) is 0 Å². The first-order chi connectivity index (χ1) is 12.9. The maximum atomic E-state index is 12.8. The Labute approximate surface area is 159 Å². The molecule has 144 valence electrons. The van der Waals surface area contributed by atoms with E-state index in [0.29, 0.717) is 52.0 Å². The fourth-order valence-corrected chi connectivity index (χ4v) is 2.70. The summed E-state index contributed by atoms with van der Waals surface area (Å²) in [6, 6.07) is 8.53. The van der Waals surface area contributed by atoms with Gasteiger partial charge in [-0.15, -0.1) is 0 Å². The molecule has 0 radical (unpaired) electrons. The van der Waals surface area contributed by atoms with Gasteiger partial charge in [0.15, 0.2) is 17.3 Å². The summed E-state index contributed by atoms with van der Waals surface area (Å²) in [5, 5.41) is 0. The molecule has 0 amide bonds. The van der Waals surface area contributed by atoms with E-state index in [-0.39, 0.29) is 5.78 Å². The Bertz CT molecular complexity index is 858. The summed E-state index contributed by atoms with van der Waals surface area (Å²) < 4.78 is 21.5. The van der Waals surface area contributed by atoms with E-state index in [9.17, 15) is 4.79 Å². The molecule has 6 nitrogen and oxygen atoms in total. The van der Waals surface area contributed by atoms with Gasteiger partial charge in [0, 0.05) is 17.2 Å². The third-order valence-electron chi connectivity index (χ3n) is 4.02. The quantitative estimate of drug-likeness (QED) is 0.429. The number of allylic oxidation sites excluding steroid dienone is 1. The zero-order valence-electron chi connectivity index (χ0n) is 16.3. The lowest BCUT2D eigenvalue weighted by Crippen LogP contribution is -2.04. The Hall–Kier alpha value is -3.15. The summed E-state index contributed by atoms with van der Waals surface area (Å²) in [5.74, 6) is 2.07. The number of methoxy groups -OCH3 is 3. The van der Waals surface area contributed by atoms with Crippen molar-refractivity contribution >= 4 is 17.5 Å².